The van der Waals surface area contributed by atoms with E-state index in [-0.39, 0.29) is 11.7 Å². The molecule has 0 aliphatic rings. The minimum absolute atomic E-state index is 0.0598. The van der Waals surface area contributed by atoms with Gasteiger partial charge in [0.2, 0.25) is 5.91 Å². The molecule has 0 saturated heterocycles. The van der Waals surface area contributed by atoms with Crippen molar-refractivity contribution >= 4 is 34.7 Å². The van der Waals surface area contributed by atoms with Gasteiger partial charge in [-0.1, -0.05) is 42.5 Å². The van der Waals surface area contributed by atoms with Crippen molar-refractivity contribution in [3.05, 3.63) is 58.3 Å². The van der Waals surface area contributed by atoms with Crippen molar-refractivity contribution in [3.8, 4) is 11.4 Å². The van der Waals surface area contributed by atoms with Crippen LogP contribution in [-0.4, -0.2) is 26.4 Å². The molecule has 1 amide bonds. The molecule has 0 aliphatic heterocycles. The van der Waals surface area contributed by atoms with Gasteiger partial charge in [0.15, 0.2) is 11.0 Å². The zero-order valence-corrected chi connectivity index (χ0v) is 18.0. The second-order valence-electron chi connectivity index (χ2n) is 6.52. The first-order valence-corrected chi connectivity index (χ1v) is 11.0. The van der Waals surface area contributed by atoms with E-state index < -0.39 is 0 Å². The summed E-state index contributed by atoms with van der Waals surface area (Å²) in [4.78, 5) is 13.7. The standard InChI is InChI=1S/C21H24N4OS2/c1-5-9-25-20(16-11-17(6-2)27-12-16)23-24-21(25)28-13-19(26)22-18-8-7-14(3)10-15(18)4/h5,7-8,10-12H,1,6,9,13H2,2-4H3,(H,22,26). The second-order valence-corrected chi connectivity index (χ2v) is 8.45. The highest BCUT2D eigenvalue weighted by Gasteiger charge is 2.16. The Hall–Kier alpha value is -2.38. The number of hydrogen-bond donors (Lipinski definition) is 1. The normalized spacial score (nSPS) is 10.8. The molecular weight excluding hydrogens is 388 g/mol. The van der Waals surface area contributed by atoms with Crippen LogP contribution in [0.3, 0.4) is 0 Å². The molecule has 2 heterocycles. The lowest BCUT2D eigenvalue weighted by atomic mass is 10.1. The monoisotopic (exact) mass is 412 g/mol. The van der Waals surface area contributed by atoms with Gasteiger partial charge >= 0.3 is 0 Å². The van der Waals surface area contributed by atoms with Crippen LogP contribution >= 0.6 is 23.1 Å². The molecule has 7 heteroatoms. The van der Waals surface area contributed by atoms with E-state index >= 15 is 0 Å². The Balaban J connectivity index is 1.71. The molecule has 28 heavy (non-hydrogen) atoms. The minimum Gasteiger partial charge on any atom is -0.325 e. The number of aryl methyl sites for hydroxylation is 3. The number of rotatable bonds is 8. The van der Waals surface area contributed by atoms with Crippen LogP contribution in [0.2, 0.25) is 0 Å². The van der Waals surface area contributed by atoms with Crippen molar-refractivity contribution in [1.82, 2.24) is 14.8 Å². The number of carbonyl (C=O) groups excluding carboxylic acids is 1. The van der Waals surface area contributed by atoms with Gasteiger partial charge in [0.1, 0.15) is 0 Å². The molecule has 0 saturated carbocycles. The van der Waals surface area contributed by atoms with Gasteiger partial charge < -0.3 is 5.32 Å². The van der Waals surface area contributed by atoms with Crippen molar-refractivity contribution < 1.29 is 4.79 Å². The van der Waals surface area contributed by atoms with Gasteiger partial charge in [-0.25, -0.2) is 0 Å². The number of nitrogens with one attached hydrogen (secondary N) is 1. The van der Waals surface area contributed by atoms with Crippen LogP contribution in [0.25, 0.3) is 11.4 Å². The van der Waals surface area contributed by atoms with Crippen molar-refractivity contribution in [2.24, 2.45) is 0 Å². The number of carbonyl (C=O) groups is 1. The molecule has 0 radical (unpaired) electrons. The molecule has 3 rings (SSSR count). The quantitative estimate of drug-likeness (QED) is 0.413. The molecule has 146 valence electrons. The van der Waals surface area contributed by atoms with E-state index in [2.05, 4.69) is 46.5 Å². The Morgan fingerprint density at radius 2 is 2.14 bits per heavy atom. The lowest BCUT2D eigenvalue weighted by molar-refractivity contribution is -0.113. The van der Waals surface area contributed by atoms with Gasteiger partial charge in [-0.15, -0.1) is 28.1 Å². The third kappa shape index (κ3) is 4.72. The molecule has 5 nitrogen and oxygen atoms in total. The van der Waals surface area contributed by atoms with Crippen LogP contribution < -0.4 is 5.32 Å². The van der Waals surface area contributed by atoms with Crippen molar-refractivity contribution in [3.63, 3.8) is 0 Å². The molecule has 3 aromatic rings. The summed E-state index contributed by atoms with van der Waals surface area (Å²) in [6, 6.07) is 8.14. The summed E-state index contributed by atoms with van der Waals surface area (Å²) in [6.45, 7) is 10.6. The molecule has 0 bridgehead atoms. The average molecular weight is 413 g/mol. The van der Waals surface area contributed by atoms with E-state index in [0.717, 1.165) is 34.2 Å². The van der Waals surface area contributed by atoms with E-state index in [9.17, 15) is 4.79 Å². The van der Waals surface area contributed by atoms with Crippen LogP contribution in [0.15, 0.2) is 47.5 Å². The molecule has 0 aliphatic carbocycles. The maximum atomic E-state index is 12.4. The summed E-state index contributed by atoms with van der Waals surface area (Å²) in [7, 11) is 0. The highest BCUT2D eigenvalue weighted by Crippen LogP contribution is 2.28. The number of benzene rings is 1. The maximum Gasteiger partial charge on any atom is 0.234 e. The highest BCUT2D eigenvalue weighted by atomic mass is 32.2. The number of thiophene rings is 1. The zero-order valence-electron chi connectivity index (χ0n) is 16.4. The van der Waals surface area contributed by atoms with Crippen molar-refractivity contribution in [2.75, 3.05) is 11.1 Å². The molecule has 0 unspecified atom stereocenters. The molecular formula is C21H24N4OS2. The largest absolute Gasteiger partial charge is 0.325 e. The average Bonchev–Trinajstić information content (AvgIpc) is 3.29. The van der Waals surface area contributed by atoms with Gasteiger partial charge in [0.25, 0.3) is 0 Å². The Morgan fingerprint density at radius 3 is 2.82 bits per heavy atom. The van der Waals surface area contributed by atoms with Crippen molar-refractivity contribution in [2.45, 2.75) is 38.9 Å². The number of thioether (sulfide) groups is 1. The summed E-state index contributed by atoms with van der Waals surface area (Å²) < 4.78 is 2.00. The minimum atomic E-state index is -0.0598. The Kier molecular flexibility index (Phi) is 6.70. The zero-order chi connectivity index (χ0) is 20.1. The molecule has 1 N–H and O–H groups in total. The number of aromatic nitrogens is 3. The van der Waals surface area contributed by atoms with Gasteiger partial charge in [0.05, 0.1) is 5.75 Å². The van der Waals surface area contributed by atoms with Crippen molar-refractivity contribution in [1.29, 1.82) is 0 Å². The van der Waals surface area contributed by atoms with Crippen LogP contribution in [0.1, 0.15) is 22.9 Å². The fraction of sp³-hybridized carbons (Fsp3) is 0.286. The first kappa shape index (κ1) is 20.4. The van der Waals surface area contributed by atoms with E-state index in [1.54, 1.807) is 11.3 Å². The van der Waals surface area contributed by atoms with E-state index in [1.807, 2.05) is 36.6 Å². The van der Waals surface area contributed by atoms with Crippen LogP contribution in [0.5, 0.6) is 0 Å². The van der Waals surface area contributed by atoms with Gasteiger partial charge in [-0.05, 0) is 38.0 Å². The fourth-order valence-electron chi connectivity index (χ4n) is 2.86. The number of amides is 1. The third-order valence-electron chi connectivity index (χ3n) is 4.28. The van der Waals surface area contributed by atoms with E-state index in [1.165, 1.54) is 22.2 Å². The predicted molar refractivity (Wildman–Crippen MR) is 118 cm³/mol. The Bertz CT molecular complexity index is 990. The van der Waals surface area contributed by atoms with Crippen LogP contribution in [0, 0.1) is 13.8 Å². The van der Waals surface area contributed by atoms with E-state index in [4.69, 9.17) is 0 Å². The van der Waals surface area contributed by atoms with Gasteiger partial charge in [-0.2, -0.15) is 0 Å². The molecule has 0 fully saturated rings. The first-order chi connectivity index (χ1) is 13.5. The van der Waals surface area contributed by atoms with Crippen LogP contribution in [-0.2, 0) is 17.8 Å². The summed E-state index contributed by atoms with van der Waals surface area (Å²) in [5, 5.41) is 14.5. The topological polar surface area (TPSA) is 59.8 Å². The number of nitrogens with zero attached hydrogens (tertiary/aromatic N) is 3. The fourth-order valence-corrected chi connectivity index (χ4v) is 4.42. The van der Waals surface area contributed by atoms with Gasteiger partial charge in [-0.3, -0.25) is 9.36 Å². The molecule has 2 aromatic heterocycles. The lowest BCUT2D eigenvalue weighted by Crippen LogP contribution is -2.15. The second kappa shape index (κ2) is 9.21. The molecule has 0 spiro atoms. The summed E-state index contributed by atoms with van der Waals surface area (Å²) in [5.74, 6) is 1.02. The summed E-state index contributed by atoms with van der Waals surface area (Å²) in [5.41, 5.74) is 4.13. The highest BCUT2D eigenvalue weighted by molar-refractivity contribution is 7.99. The smallest absolute Gasteiger partial charge is 0.234 e. The Labute approximate surface area is 173 Å². The third-order valence-corrected chi connectivity index (χ3v) is 6.33. The number of hydrogen-bond acceptors (Lipinski definition) is 5. The van der Waals surface area contributed by atoms with E-state index in [0.29, 0.717) is 6.54 Å². The predicted octanol–water partition coefficient (Wildman–Crippen LogP) is 5.10. The lowest BCUT2D eigenvalue weighted by Gasteiger charge is -2.09. The van der Waals surface area contributed by atoms with Gasteiger partial charge in [0, 0.05) is 28.1 Å². The number of anilines is 1. The van der Waals surface area contributed by atoms with Crippen LogP contribution in [0.4, 0.5) is 5.69 Å². The molecule has 1 aromatic carbocycles. The number of allylic oxidation sites excluding steroid dienone is 1. The SMILES string of the molecule is C=CCn1c(SCC(=O)Nc2ccc(C)cc2C)nnc1-c1csc(CC)c1. The summed E-state index contributed by atoms with van der Waals surface area (Å²) >= 11 is 3.11. The first-order valence-electron chi connectivity index (χ1n) is 9.13. The Morgan fingerprint density at radius 1 is 1.32 bits per heavy atom. The maximum absolute atomic E-state index is 12.4. The molecule has 0 atom stereocenters. The summed E-state index contributed by atoms with van der Waals surface area (Å²) in [6.07, 6.45) is 2.82.